The van der Waals surface area contributed by atoms with E-state index in [1.165, 1.54) is 11.3 Å². The second-order valence-electron chi connectivity index (χ2n) is 4.90. The van der Waals surface area contributed by atoms with Crippen LogP contribution in [-0.4, -0.2) is 15.5 Å². The lowest BCUT2D eigenvalue weighted by molar-refractivity contribution is 0.0956. The molecule has 1 aliphatic heterocycles. The number of hydrogen-bond acceptors (Lipinski definition) is 3. The molecule has 1 unspecified atom stereocenters. The first kappa shape index (κ1) is 12.7. The average Bonchev–Trinajstić information content (AvgIpc) is 2.95. The molecule has 0 bridgehead atoms. The molecule has 2 aromatic rings. The van der Waals surface area contributed by atoms with Crippen LogP contribution in [-0.2, 0) is 0 Å². The zero-order valence-corrected chi connectivity index (χ0v) is 12.5. The first-order valence-corrected chi connectivity index (χ1v) is 7.33. The Bertz CT molecular complexity index is 659. The SMILES string of the molecule is Cc1nc2c(n1C(C)C)C(c1ccc(Cl)s1)NC2=O. The molecule has 0 saturated heterocycles. The van der Waals surface area contributed by atoms with Crippen molar-refractivity contribution in [1.29, 1.82) is 0 Å². The van der Waals surface area contributed by atoms with Crippen LogP contribution < -0.4 is 5.32 Å². The van der Waals surface area contributed by atoms with Crippen LogP contribution in [0.15, 0.2) is 12.1 Å². The fraction of sp³-hybridized carbons (Fsp3) is 0.385. The lowest BCUT2D eigenvalue weighted by atomic mass is 10.1. The van der Waals surface area contributed by atoms with Crippen LogP contribution in [0.1, 0.15) is 52.8 Å². The van der Waals surface area contributed by atoms with Gasteiger partial charge in [0.2, 0.25) is 0 Å². The van der Waals surface area contributed by atoms with Crippen molar-refractivity contribution in [3.63, 3.8) is 0 Å². The molecule has 0 aliphatic carbocycles. The second kappa shape index (κ2) is 4.35. The summed E-state index contributed by atoms with van der Waals surface area (Å²) in [5, 5.41) is 2.98. The molecule has 3 rings (SSSR count). The van der Waals surface area contributed by atoms with Gasteiger partial charge in [0, 0.05) is 10.9 Å². The molecule has 19 heavy (non-hydrogen) atoms. The molecule has 0 saturated carbocycles. The maximum Gasteiger partial charge on any atom is 0.272 e. The van der Waals surface area contributed by atoms with E-state index in [0.717, 1.165) is 20.7 Å². The predicted octanol–water partition coefficient (Wildman–Crippen LogP) is 3.32. The predicted molar refractivity (Wildman–Crippen MR) is 76.0 cm³/mol. The Kier molecular flexibility index (Phi) is 2.91. The fourth-order valence-corrected chi connectivity index (χ4v) is 3.73. The van der Waals surface area contributed by atoms with Gasteiger partial charge in [0.1, 0.15) is 11.9 Å². The molecular formula is C13H14ClN3OS. The molecule has 0 aromatic carbocycles. The maximum atomic E-state index is 12.0. The number of thiophene rings is 1. The molecule has 1 amide bonds. The van der Waals surface area contributed by atoms with E-state index in [0.29, 0.717) is 5.69 Å². The minimum atomic E-state index is -0.136. The number of aryl methyl sites for hydroxylation is 1. The standard InChI is InChI=1S/C13H14ClN3OS/c1-6(2)17-7(3)15-11-12(17)10(16-13(11)18)8-4-5-9(14)19-8/h4-6,10H,1-3H3,(H,16,18). The normalized spacial score (nSPS) is 17.9. The second-order valence-corrected chi connectivity index (χ2v) is 6.65. The largest absolute Gasteiger partial charge is 0.337 e. The quantitative estimate of drug-likeness (QED) is 0.924. The lowest BCUT2D eigenvalue weighted by Gasteiger charge is -2.17. The van der Waals surface area contributed by atoms with Gasteiger partial charge in [-0.2, -0.15) is 0 Å². The van der Waals surface area contributed by atoms with Gasteiger partial charge in [-0.15, -0.1) is 11.3 Å². The molecule has 3 heterocycles. The molecule has 6 heteroatoms. The minimum Gasteiger partial charge on any atom is -0.337 e. The summed E-state index contributed by atoms with van der Waals surface area (Å²) >= 11 is 7.48. The minimum absolute atomic E-state index is 0.105. The Morgan fingerprint density at radius 3 is 2.79 bits per heavy atom. The van der Waals surface area contributed by atoms with E-state index in [2.05, 4.69) is 28.7 Å². The number of nitrogens with one attached hydrogen (secondary N) is 1. The van der Waals surface area contributed by atoms with Gasteiger partial charge < -0.3 is 9.88 Å². The Morgan fingerprint density at radius 1 is 1.47 bits per heavy atom. The third-order valence-electron chi connectivity index (χ3n) is 3.28. The van der Waals surface area contributed by atoms with Crippen molar-refractivity contribution in [2.24, 2.45) is 0 Å². The van der Waals surface area contributed by atoms with Crippen molar-refractivity contribution in [1.82, 2.24) is 14.9 Å². The zero-order chi connectivity index (χ0) is 13.7. The number of rotatable bonds is 2. The number of amides is 1. The molecule has 0 radical (unpaired) electrons. The highest BCUT2D eigenvalue weighted by Crippen LogP contribution is 2.37. The lowest BCUT2D eigenvalue weighted by Crippen LogP contribution is -2.22. The third-order valence-corrected chi connectivity index (χ3v) is 4.58. The van der Waals surface area contributed by atoms with Gasteiger partial charge in [-0.3, -0.25) is 4.79 Å². The van der Waals surface area contributed by atoms with Crippen LogP contribution in [0.4, 0.5) is 0 Å². The Balaban J connectivity index is 2.17. The molecule has 1 atom stereocenters. The molecule has 1 N–H and O–H groups in total. The Hall–Kier alpha value is -1.33. The Morgan fingerprint density at radius 2 is 2.21 bits per heavy atom. The van der Waals surface area contributed by atoms with Crippen molar-refractivity contribution < 1.29 is 4.79 Å². The van der Waals surface area contributed by atoms with Crippen molar-refractivity contribution in [3.8, 4) is 0 Å². The summed E-state index contributed by atoms with van der Waals surface area (Å²) in [7, 11) is 0. The van der Waals surface area contributed by atoms with E-state index < -0.39 is 0 Å². The van der Waals surface area contributed by atoms with Crippen LogP contribution >= 0.6 is 22.9 Å². The van der Waals surface area contributed by atoms with Gasteiger partial charge in [0.05, 0.1) is 10.0 Å². The smallest absolute Gasteiger partial charge is 0.272 e. The van der Waals surface area contributed by atoms with E-state index in [-0.39, 0.29) is 18.0 Å². The van der Waals surface area contributed by atoms with Crippen LogP contribution in [0.5, 0.6) is 0 Å². The number of hydrogen-bond donors (Lipinski definition) is 1. The van der Waals surface area contributed by atoms with E-state index >= 15 is 0 Å². The summed E-state index contributed by atoms with van der Waals surface area (Å²) in [4.78, 5) is 17.5. The highest BCUT2D eigenvalue weighted by molar-refractivity contribution is 7.16. The van der Waals surface area contributed by atoms with Crippen molar-refractivity contribution in [3.05, 3.63) is 38.6 Å². The molecule has 1 aliphatic rings. The van der Waals surface area contributed by atoms with Gasteiger partial charge >= 0.3 is 0 Å². The zero-order valence-electron chi connectivity index (χ0n) is 10.9. The molecule has 100 valence electrons. The highest BCUT2D eigenvalue weighted by atomic mass is 35.5. The van der Waals surface area contributed by atoms with Gasteiger partial charge in [-0.05, 0) is 32.9 Å². The number of imidazole rings is 1. The van der Waals surface area contributed by atoms with Crippen LogP contribution in [0.3, 0.4) is 0 Å². The monoisotopic (exact) mass is 295 g/mol. The molecule has 4 nitrogen and oxygen atoms in total. The third kappa shape index (κ3) is 1.88. The van der Waals surface area contributed by atoms with Crippen LogP contribution in [0, 0.1) is 6.92 Å². The van der Waals surface area contributed by atoms with E-state index in [1.807, 2.05) is 19.1 Å². The molecule has 2 aromatic heterocycles. The van der Waals surface area contributed by atoms with Gasteiger partial charge in [0.25, 0.3) is 5.91 Å². The van der Waals surface area contributed by atoms with E-state index in [1.54, 1.807) is 0 Å². The summed E-state index contributed by atoms with van der Waals surface area (Å²) in [5.74, 6) is 0.773. The highest BCUT2D eigenvalue weighted by Gasteiger charge is 2.37. The van der Waals surface area contributed by atoms with Crippen molar-refractivity contribution in [2.45, 2.75) is 32.9 Å². The maximum absolute atomic E-state index is 12.0. The first-order valence-electron chi connectivity index (χ1n) is 6.14. The summed E-state index contributed by atoms with van der Waals surface area (Å²) in [6.45, 7) is 6.12. The molecule has 0 fully saturated rings. The van der Waals surface area contributed by atoms with Gasteiger partial charge in [0.15, 0.2) is 5.69 Å². The first-order chi connectivity index (χ1) is 8.99. The summed E-state index contributed by atoms with van der Waals surface area (Å²) in [6, 6.07) is 3.94. The number of nitrogens with zero attached hydrogens (tertiary/aromatic N) is 2. The van der Waals surface area contributed by atoms with Crippen molar-refractivity contribution >= 4 is 28.8 Å². The van der Waals surface area contributed by atoms with Gasteiger partial charge in [-0.1, -0.05) is 11.6 Å². The van der Waals surface area contributed by atoms with Gasteiger partial charge in [-0.25, -0.2) is 4.98 Å². The molecule has 0 spiro atoms. The fourth-order valence-electron chi connectivity index (χ4n) is 2.61. The number of fused-ring (bicyclic) bond motifs is 1. The van der Waals surface area contributed by atoms with Crippen LogP contribution in [0.25, 0.3) is 0 Å². The number of aromatic nitrogens is 2. The van der Waals surface area contributed by atoms with E-state index in [9.17, 15) is 4.79 Å². The number of halogens is 1. The summed E-state index contributed by atoms with van der Waals surface area (Å²) < 4.78 is 2.84. The van der Waals surface area contributed by atoms with E-state index in [4.69, 9.17) is 11.6 Å². The van der Waals surface area contributed by atoms with Crippen LogP contribution in [0.2, 0.25) is 4.34 Å². The molecular weight excluding hydrogens is 282 g/mol. The topological polar surface area (TPSA) is 46.9 Å². The Labute approximate surface area is 120 Å². The van der Waals surface area contributed by atoms with Crippen molar-refractivity contribution in [2.75, 3.05) is 0 Å². The number of carbonyl (C=O) groups is 1. The number of carbonyl (C=O) groups excluding carboxylic acids is 1. The summed E-state index contributed by atoms with van der Waals surface area (Å²) in [6.07, 6.45) is 0. The average molecular weight is 296 g/mol. The summed E-state index contributed by atoms with van der Waals surface area (Å²) in [5.41, 5.74) is 1.50.